The van der Waals surface area contributed by atoms with Crippen molar-refractivity contribution in [3.8, 4) is 0 Å². The second kappa shape index (κ2) is 9.64. The van der Waals surface area contributed by atoms with Gasteiger partial charge in [0.1, 0.15) is 0 Å². The molecule has 0 unspecified atom stereocenters. The molecule has 0 aliphatic rings. The van der Waals surface area contributed by atoms with E-state index in [9.17, 15) is 9.59 Å². The predicted octanol–water partition coefficient (Wildman–Crippen LogP) is 4.37. The molecule has 2 N–H and O–H groups in total. The Morgan fingerprint density at radius 3 is 2.00 bits per heavy atom. The lowest BCUT2D eigenvalue weighted by Crippen LogP contribution is -2.17. The van der Waals surface area contributed by atoms with E-state index in [0.717, 1.165) is 5.56 Å². The van der Waals surface area contributed by atoms with Gasteiger partial charge >= 0.3 is 0 Å². The number of anilines is 1. The number of nitrogens with zero attached hydrogens (tertiary/aromatic N) is 1. The SMILES string of the molecule is O=C(N/N=C\C=C\c1ccccc1)c1ccc(NC(=O)c2ccccc2)cc1. The molecular formula is C23H19N3O2. The first-order valence-electron chi connectivity index (χ1n) is 8.74. The smallest absolute Gasteiger partial charge is 0.271 e. The van der Waals surface area contributed by atoms with Crippen molar-refractivity contribution in [1.29, 1.82) is 0 Å². The second-order valence-corrected chi connectivity index (χ2v) is 5.89. The number of hydrazone groups is 1. The number of benzene rings is 3. The molecule has 0 fully saturated rings. The molecule has 0 aromatic heterocycles. The van der Waals surface area contributed by atoms with Crippen LogP contribution in [0.25, 0.3) is 6.08 Å². The van der Waals surface area contributed by atoms with Crippen LogP contribution < -0.4 is 10.7 Å². The maximum Gasteiger partial charge on any atom is 0.271 e. The summed E-state index contributed by atoms with van der Waals surface area (Å²) >= 11 is 0. The van der Waals surface area contributed by atoms with Crippen LogP contribution in [0.3, 0.4) is 0 Å². The van der Waals surface area contributed by atoms with E-state index in [2.05, 4.69) is 15.8 Å². The molecule has 0 radical (unpaired) electrons. The van der Waals surface area contributed by atoms with Crippen molar-refractivity contribution in [3.63, 3.8) is 0 Å². The highest BCUT2D eigenvalue weighted by Gasteiger charge is 2.07. The maximum absolute atomic E-state index is 12.1. The maximum atomic E-state index is 12.1. The summed E-state index contributed by atoms with van der Waals surface area (Å²) in [5, 5.41) is 6.68. The zero-order valence-electron chi connectivity index (χ0n) is 15.1. The van der Waals surface area contributed by atoms with Crippen LogP contribution >= 0.6 is 0 Å². The molecule has 0 heterocycles. The average Bonchev–Trinajstić information content (AvgIpc) is 2.75. The van der Waals surface area contributed by atoms with Gasteiger partial charge in [0.15, 0.2) is 0 Å². The summed E-state index contributed by atoms with van der Waals surface area (Å²) in [4.78, 5) is 24.2. The Bertz CT molecular complexity index is 979. The number of carbonyl (C=O) groups is 2. The van der Waals surface area contributed by atoms with Crippen LogP contribution in [0.2, 0.25) is 0 Å². The average molecular weight is 369 g/mol. The third kappa shape index (κ3) is 5.51. The van der Waals surface area contributed by atoms with Gasteiger partial charge in [-0.3, -0.25) is 9.59 Å². The zero-order chi connectivity index (χ0) is 19.6. The lowest BCUT2D eigenvalue weighted by atomic mass is 10.2. The lowest BCUT2D eigenvalue weighted by molar-refractivity contribution is 0.0954. The van der Waals surface area contributed by atoms with Crippen LogP contribution in [0.1, 0.15) is 26.3 Å². The Balaban J connectivity index is 1.51. The highest BCUT2D eigenvalue weighted by molar-refractivity contribution is 6.04. The monoisotopic (exact) mass is 369 g/mol. The Labute approximate surface area is 163 Å². The quantitative estimate of drug-likeness (QED) is 0.500. The van der Waals surface area contributed by atoms with Crippen LogP contribution in [0.15, 0.2) is 96.1 Å². The van der Waals surface area contributed by atoms with Gasteiger partial charge in [-0.2, -0.15) is 5.10 Å². The third-order valence-corrected chi connectivity index (χ3v) is 3.86. The van der Waals surface area contributed by atoms with Crippen molar-refractivity contribution < 1.29 is 9.59 Å². The van der Waals surface area contributed by atoms with Crippen molar-refractivity contribution in [2.75, 3.05) is 5.32 Å². The van der Waals surface area contributed by atoms with Gasteiger partial charge in [-0.1, -0.05) is 54.6 Å². The van der Waals surface area contributed by atoms with Crippen LogP contribution in [0.5, 0.6) is 0 Å². The summed E-state index contributed by atoms with van der Waals surface area (Å²) in [6.45, 7) is 0. The van der Waals surface area contributed by atoms with E-state index >= 15 is 0 Å². The third-order valence-electron chi connectivity index (χ3n) is 3.86. The molecule has 5 nitrogen and oxygen atoms in total. The minimum absolute atomic E-state index is 0.201. The van der Waals surface area contributed by atoms with Crippen LogP contribution in [0.4, 0.5) is 5.69 Å². The summed E-state index contributed by atoms with van der Waals surface area (Å²) in [7, 11) is 0. The molecular weight excluding hydrogens is 350 g/mol. The lowest BCUT2D eigenvalue weighted by Gasteiger charge is -2.06. The van der Waals surface area contributed by atoms with E-state index in [0.29, 0.717) is 16.8 Å². The molecule has 138 valence electrons. The first-order chi connectivity index (χ1) is 13.7. The van der Waals surface area contributed by atoms with Gasteiger partial charge in [-0.25, -0.2) is 5.43 Å². The molecule has 28 heavy (non-hydrogen) atoms. The number of amides is 2. The minimum Gasteiger partial charge on any atom is -0.322 e. The van der Waals surface area contributed by atoms with Crippen molar-refractivity contribution in [1.82, 2.24) is 5.43 Å². The summed E-state index contributed by atoms with van der Waals surface area (Å²) in [6, 6.07) is 25.3. The Morgan fingerprint density at radius 1 is 0.714 bits per heavy atom. The van der Waals surface area contributed by atoms with Crippen molar-refractivity contribution in [2.24, 2.45) is 5.10 Å². The van der Waals surface area contributed by atoms with Gasteiger partial charge in [0.2, 0.25) is 0 Å². The molecule has 0 bridgehead atoms. The molecule has 0 saturated heterocycles. The summed E-state index contributed by atoms with van der Waals surface area (Å²) in [5.41, 5.74) is 5.14. The topological polar surface area (TPSA) is 70.6 Å². The number of hydrogen-bond acceptors (Lipinski definition) is 3. The van der Waals surface area contributed by atoms with Gasteiger partial charge in [-0.15, -0.1) is 0 Å². The molecule has 5 heteroatoms. The molecule has 3 rings (SSSR count). The van der Waals surface area contributed by atoms with E-state index in [-0.39, 0.29) is 11.8 Å². The Kier molecular flexibility index (Phi) is 6.47. The first kappa shape index (κ1) is 18.8. The van der Waals surface area contributed by atoms with Crippen molar-refractivity contribution >= 4 is 29.8 Å². The fraction of sp³-hybridized carbons (Fsp3) is 0. The second-order valence-electron chi connectivity index (χ2n) is 5.89. The predicted molar refractivity (Wildman–Crippen MR) is 112 cm³/mol. The largest absolute Gasteiger partial charge is 0.322 e. The standard InChI is InChI=1S/C23H19N3O2/c27-22(19-11-5-2-6-12-19)25-21-15-13-20(14-16-21)23(28)26-24-17-7-10-18-8-3-1-4-9-18/h1-17H,(H,25,27)(H,26,28)/b10-7+,24-17-. The Morgan fingerprint density at radius 2 is 1.32 bits per heavy atom. The van der Waals surface area contributed by atoms with Crippen molar-refractivity contribution in [2.45, 2.75) is 0 Å². The number of allylic oxidation sites excluding steroid dienone is 1. The molecule has 3 aromatic rings. The van der Waals surface area contributed by atoms with E-state index in [1.807, 2.05) is 42.5 Å². The highest BCUT2D eigenvalue weighted by Crippen LogP contribution is 2.11. The Hall–Kier alpha value is -3.99. The van der Waals surface area contributed by atoms with E-state index in [1.54, 1.807) is 54.6 Å². The molecule has 0 atom stereocenters. The summed E-state index contributed by atoms with van der Waals surface area (Å²) in [5.74, 6) is -0.530. The molecule has 0 aliphatic heterocycles. The van der Waals surface area contributed by atoms with Gasteiger partial charge < -0.3 is 5.32 Å². The fourth-order valence-electron chi connectivity index (χ4n) is 2.42. The van der Waals surface area contributed by atoms with E-state index in [1.165, 1.54) is 6.21 Å². The number of carbonyl (C=O) groups excluding carboxylic acids is 2. The summed E-state index contributed by atoms with van der Waals surface area (Å²) in [6.07, 6.45) is 5.15. The minimum atomic E-state index is -0.328. The highest BCUT2D eigenvalue weighted by atomic mass is 16.2. The number of rotatable bonds is 6. The first-order valence-corrected chi connectivity index (χ1v) is 8.74. The van der Waals surface area contributed by atoms with Gasteiger partial charge in [0.25, 0.3) is 11.8 Å². The molecule has 3 aromatic carbocycles. The van der Waals surface area contributed by atoms with Gasteiger partial charge in [0, 0.05) is 23.0 Å². The van der Waals surface area contributed by atoms with E-state index < -0.39 is 0 Å². The van der Waals surface area contributed by atoms with Crippen LogP contribution in [-0.2, 0) is 0 Å². The normalized spacial score (nSPS) is 10.9. The van der Waals surface area contributed by atoms with Gasteiger partial charge in [-0.05, 0) is 48.0 Å². The number of hydrogen-bond donors (Lipinski definition) is 2. The fourth-order valence-corrected chi connectivity index (χ4v) is 2.42. The van der Waals surface area contributed by atoms with E-state index in [4.69, 9.17) is 0 Å². The van der Waals surface area contributed by atoms with Crippen LogP contribution in [-0.4, -0.2) is 18.0 Å². The molecule has 0 spiro atoms. The number of nitrogens with one attached hydrogen (secondary N) is 2. The van der Waals surface area contributed by atoms with Crippen molar-refractivity contribution in [3.05, 3.63) is 108 Å². The zero-order valence-corrected chi connectivity index (χ0v) is 15.1. The molecule has 2 amide bonds. The molecule has 0 saturated carbocycles. The van der Waals surface area contributed by atoms with Gasteiger partial charge in [0.05, 0.1) is 0 Å². The van der Waals surface area contributed by atoms with Crippen LogP contribution in [0, 0.1) is 0 Å². The molecule has 0 aliphatic carbocycles. The summed E-state index contributed by atoms with van der Waals surface area (Å²) < 4.78 is 0.